The third kappa shape index (κ3) is 2.96. The van der Waals surface area contributed by atoms with E-state index in [-0.39, 0.29) is 0 Å². The number of ether oxygens (including phenoxy) is 2. The number of rotatable bonds is 5. The van der Waals surface area contributed by atoms with E-state index in [1.54, 1.807) is 14.2 Å². The molecule has 1 fully saturated rings. The van der Waals surface area contributed by atoms with Crippen molar-refractivity contribution in [2.75, 3.05) is 14.2 Å². The summed E-state index contributed by atoms with van der Waals surface area (Å²) in [5.74, 6) is 1.59. The van der Waals surface area contributed by atoms with Gasteiger partial charge in [0.1, 0.15) is 0 Å². The maximum absolute atomic E-state index is 5.34. The molecule has 1 unspecified atom stereocenters. The van der Waals surface area contributed by atoms with E-state index in [0.29, 0.717) is 12.1 Å². The fraction of sp³-hybridized carbons (Fsp3) is 0.600. The van der Waals surface area contributed by atoms with Crippen molar-refractivity contribution in [3.05, 3.63) is 23.8 Å². The third-order valence-corrected chi connectivity index (χ3v) is 3.75. The lowest BCUT2D eigenvalue weighted by Crippen LogP contribution is -2.28. The average molecular weight is 249 g/mol. The minimum absolute atomic E-state index is 0.355. The second-order valence-corrected chi connectivity index (χ2v) is 4.98. The van der Waals surface area contributed by atoms with E-state index < -0.39 is 0 Å². The van der Waals surface area contributed by atoms with Crippen molar-refractivity contribution in [2.24, 2.45) is 0 Å². The third-order valence-electron chi connectivity index (χ3n) is 3.75. The Morgan fingerprint density at radius 2 is 1.78 bits per heavy atom. The molecule has 100 valence electrons. The van der Waals surface area contributed by atoms with E-state index in [0.717, 1.165) is 11.5 Å². The first kappa shape index (κ1) is 13.2. The van der Waals surface area contributed by atoms with Gasteiger partial charge in [-0.3, -0.25) is 0 Å². The van der Waals surface area contributed by atoms with Gasteiger partial charge in [-0.15, -0.1) is 0 Å². The molecule has 1 N–H and O–H groups in total. The highest BCUT2D eigenvalue weighted by molar-refractivity contribution is 5.43. The standard InChI is InChI=1S/C15H23NO2/c1-11(16-13-6-4-5-7-13)12-8-9-14(17-2)15(10-12)18-3/h8-11,13,16H,4-7H2,1-3H3. The first-order valence-electron chi connectivity index (χ1n) is 6.72. The molecular formula is C15H23NO2. The normalized spacial score (nSPS) is 17.7. The van der Waals surface area contributed by atoms with Gasteiger partial charge in [0.15, 0.2) is 11.5 Å². The quantitative estimate of drug-likeness (QED) is 0.868. The van der Waals surface area contributed by atoms with E-state index in [9.17, 15) is 0 Å². The molecule has 3 nitrogen and oxygen atoms in total. The zero-order chi connectivity index (χ0) is 13.0. The SMILES string of the molecule is COc1ccc(C(C)NC2CCCC2)cc1OC. The van der Waals surface area contributed by atoms with Crippen LogP contribution >= 0.6 is 0 Å². The highest BCUT2D eigenvalue weighted by Gasteiger charge is 2.18. The number of hydrogen-bond acceptors (Lipinski definition) is 3. The second kappa shape index (κ2) is 6.10. The Hall–Kier alpha value is -1.22. The van der Waals surface area contributed by atoms with Gasteiger partial charge in [-0.1, -0.05) is 18.9 Å². The zero-order valence-corrected chi connectivity index (χ0v) is 11.5. The molecular weight excluding hydrogens is 226 g/mol. The fourth-order valence-electron chi connectivity index (χ4n) is 2.66. The van der Waals surface area contributed by atoms with Crippen LogP contribution in [0.5, 0.6) is 11.5 Å². The molecule has 1 aromatic carbocycles. The van der Waals surface area contributed by atoms with Gasteiger partial charge in [-0.05, 0) is 37.5 Å². The molecule has 0 aromatic heterocycles. The van der Waals surface area contributed by atoms with Crippen LogP contribution < -0.4 is 14.8 Å². The lowest BCUT2D eigenvalue weighted by molar-refractivity contribution is 0.353. The minimum atomic E-state index is 0.355. The maximum Gasteiger partial charge on any atom is 0.161 e. The Labute approximate surface area is 109 Å². The predicted molar refractivity (Wildman–Crippen MR) is 73.4 cm³/mol. The molecule has 18 heavy (non-hydrogen) atoms. The van der Waals surface area contributed by atoms with Crippen molar-refractivity contribution in [3.8, 4) is 11.5 Å². The molecule has 0 heterocycles. The molecule has 0 saturated heterocycles. The number of hydrogen-bond donors (Lipinski definition) is 1. The first-order chi connectivity index (χ1) is 8.74. The Morgan fingerprint density at radius 1 is 1.11 bits per heavy atom. The van der Waals surface area contributed by atoms with Crippen LogP contribution in [0.4, 0.5) is 0 Å². The summed E-state index contributed by atoms with van der Waals surface area (Å²) in [7, 11) is 3.34. The van der Waals surface area contributed by atoms with Crippen molar-refractivity contribution in [1.82, 2.24) is 5.32 Å². The molecule has 0 amide bonds. The molecule has 1 aromatic rings. The van der Waals surface area contributed by atoms with Crippen LogP contribution in [0.25, 0.3) is 0 Å². The van der Waals surface area contributed by atoms with Crippen LogP contribution in [0.3, 0.4) is 0 Å². The Bertz CT molecular complexity index is 386. The Morgan fingerprint density at radius 3 is 2.39 bits per heavy atom. The monoisotopic (exact) mass is 249 g/mol. The van der Waals surface area contributed by atoms with Crippen LogP contribution in [0.1, 0.15) is 44.2 Å². The summed E-state index contributed by atoms with van der Waals surface area (Å²) in [6.45, 7) is 2.21. The zero-order valence-electron chi connectivity index (χ0n) is 11.5. The van der Waals surface area contributed by atoms with Crippen molar-refractivity contribution >= 4 is 0 Å². The molecule has 1 aliphatic carbocycles. The van der Waals surface area contributed by atoms with Gasteiger partial charge in [-0.2, -0.15) is 0 Å². The summed E-state index contributed by atoms with van der Waals surface area (Å²) in [6, 6.07) is 7.17. The van der Waals surface area contributed by atoms with E-state index in [1.165, 1.54) is 31.2 Å². The highest BCUT2D eigenvalue weighted by atomic mass is 16.5. The van der Waals surface area contributed by atoms with Gasteiger partial charge in [0.2, 0.25) is 0 Å². The van der Waals surface area contributed by atoms with Crippen molar-refractivity contribution in [1.29, 1.82) is 0 Å². The molecule has 1 saturated carbocycles. The summed E-state index contributed by atoms with van der Waals surface area (Å²) >= 11 is 0. The summed E-state index contributed by atoms with van der Waals surface area (Å²) in [6.07, 6.45) is 5.32. The topological polar surface area (TPSA) is 30.5 Å². The number of benzene rings is 1. The molecule has 0 aliphatic heterocycles. The number of methoxy groups -OCH3 is 2. The van der Waals surface area contributed by atoms with Crippen LogP contribution in [0, 0.1) is 0 Å². The van der Waals surface area contributed by atoms with Gasteiger partial charge in [0, 0.05) is 12.1 Å². The van der Waals surface area contributed by atoms with Crippen LogP contribution in [-0.2, 0) is 0 Å². The number of nitrogens with one attached hydrogen (secondary N) is 1. The predicted octanol–water partition coefficient (Wildman–Crippen LogP) is 3.30. The van der Waals surface area contributed by atoms with Gasteiger partial charge in [-0.25, -0.2) is 0 Å². The second-order valence-electron chi connectivity index (χ2n) is 4.98. The lowest BCUT2D eigenvalue weighted by atomic mass is 10.1. The highest BCUT2D eigenvalue weighted by Crippen LogP contribution is 2.30. The fourth-order valence-corrected chi connectivity index (χ4v) is 2.66. The minimum Gasteiger partial charge on any atom is -0.493 e. The lowest BCUT2D eigenvalue weighted by Gasteiger charge is -2.20. The average Bonchev–Trinajstić information content (AvgIpc) is 2.90. The van der Waals surface area contributed by atoms with E-state index >= 15 is 0 Å². The molecule has 0 radical (unpaired) electrons. The molecule has 1 atom stereocenters. The molecule has 1 aliphatic rings. The summed E-state index contributed by atoms with van der Waals surface area (Å²) in [5, 5.41) is 3.69. The molecule has 0 spiro atoms. The van der Waals surface area contributed by atoms with Gasteiger partial charge < -0.3 is 14.8 Å². The van der Waals surface area contributed by atoms with E-state index in [1.807, 2.05) is 6.07 Å². The summed E-state index contributed by atoms with van der Waals surface area (Å²) in [4.78, 5) is 0. The molecule has 2 rings (SSSR count). The largest absolute Gasteiger partial charge is 0.493 e. The Kier molecular flexibility index (Phi) is 4.48. The van der Waals surface area contributed by atoms with Crippen molar-refractivity contribution in [2.45, 2.75) is 44.7 Å². The van der Waals surface area contributed by atoms with Crippen LogP contribution in [0.15, 0.2) is 18.2 Å². The summed E-state index contributed by atoms with van der Waals surface area (Å²) in [5.41, 5.74) is 1.25. The molecule has 0 bridgehead atoms. The van der Waals surface area contributed by atoms with Crippen LogP contribution in [0.2, 0.25) is 0 Å². The first-order valence-corrected chi connectivity index (χ1v) is 6.72. The van der Waals surface area contributed by atoms with Crippen molar-refractivity contribution in [3.63, 3.8) is 0 Å². The smallest absolute Gasteiger partial charge is 0.161 e. The van der Waals surface area contributed by atoms with Gasteiger partial charge in [0.25, 0.3) is 0 Å². The van der Waals surface area contributed by atoms with Crippen LogP contribution in [-0.4, -0.2) is 20.3 Å². The summed E-state index contributed by atoms with van der Waals surface area (Å²) < 4.78 is 10.6. The van der Waals surface area contributed by atoms with E-state index in [2.05, 4.69) is 24.4 Å². The van der Waals surface area contributed by atoms with E-state index in [4.69, 9.17) is 9.47 Å². The maximum atomic E-state index is 5.34. The van der Waals surface area contributed by atoms with Gasteiger partial charge >= 0.3 is 0 Å². The van der Waals surface area contributed by atoms with Crippen molar-refractivity contribution < 1.29 is 9.47 Å². The Balaban J connectivity index is 2.06. The molecule has 3 heteroatoms. The van der Waals surface area contributed by atoms with Gasteiger partial charge in [0.05, 0.1) is 14.2 Å².